The van der Waals surface area contributed by atoms with E-state index in [-0.39, 0.29) is 18.8 Å². The van der Waals surface area contributed by atoms with Crippen LogP contribution in [0.15, 0.2) is 16.2 Å². The molecule has 2 aromatic rings. The number of hydrogen-bond acceptors (Lipinski definition) is 6. The zero-order chi connectivity index (χ0) is 12.3. The molecule has 0 aliphatic carbocycles. The van der Waals surface area contributed by atoms with Gasteiger partial charge in [-0.05, 0) is 11.4 Å². The summed E-state index contributed by atoms with van der Waals surface area (Å²) in [5.74, 6) is -0.175. The second-order valence-corrected chi connectivity index (χ2v) is 4.16. The largest absolute Gasteiger partial charge is 0.456 e. The van der Waals surface area contributed by atoms with E-state index in [1.807, 2.05) is 0 Å². The molecule has 90 valence electrons. The molecule has 0 radical (unpaired) electrons. The zero-order valence-corrected chi connectivity index (χ0v) is 9.87. The number of nitrogens with one attached hydrogen (secondary N) is 1. The van der Waals surface area contributed by atoms with Crippen molar-refractivity contribution in [2.75, 3.05) is 13.7 Å². The smallest absolute Gasteiger partial charge is 0.332 e. The van der Waals surface area contributed by atoms with Crippen LogP contribution in [0.4, 0.5) is 0 Å². The number of aromatic amines is 1. The van der Waals surface area contributed by atoms with E-state index in [0.717, 1.165) is 0 Å². The Labute approximate surface area is 100 Å². The van der Waals surface area contributed by atoms with E-state index < -0.39 is 5.97 Å². The van der Waals surface area contributed by atoms with E-state index in [1.165, 1.54) is 18.4 Å². The molecule has 0 aliphatic heterocycles. The second-order valence-electron chi connectivity index (χ2n) is 3.24. The lowest BCUT2D eigenvalue weighted by molar-refractivity contribution is -0.149. The van der Waals surface area contributed by atoms with Gasteiger partial charge in [-0.1, -0.05) is 0 Å². The highest BCUT2D eigenvalue weighted by molar-refractivity contribution is 7.17. The second kappa shape index (κ2) is 5.07. The maximum atomic E-state index is 11.6. The standard InChI is InChI=1S/C10H10N2O4S/c1-15-5-8(13)16-4-7-11-6-2-3-17-9(6)10(14)12-7/h2-3H,4-5H2,1H3,(H,11,12,14). The first-order valence-corrected chi connectivity index (χ1v) is 5.69. The van der Waals surface area contributed by atoms with Gasteiger partial charge in [0, 0.05) is 7.11 Å². The molecule has 2 rings (SSSR count). The number of thiophene rings is 1. The Kier molecular flexibility index (Phi) is 3.50. The van der Waals surface area contributed by atoms with E-state index in [0.29, 0.717) is 16.0 Å². The molecule has 0 amide bonds. The first-order chi connectivity index (χ1) is 8.20. The normalized spacial score (nSPS) is 10.6. The molecule has 0 saturated heterocycles. The number of aromatic nitrogens is 2. The molecule has 0 spiro atoms. The Morgan fingerprint density at radius 2 is 2.41 bits per heavy atom. The predicted molar refractivity (Wildman–Crippen MR) is 61.9 cm³/mol. The number of fused-ring (bicyclic) bond motifs is 1. The minimum Gasteiger partial charge on any atom is -0.456 e. The lowest BCUT2D eigenvalue weighted by Gasteiger charge is -2.03. The van der Waals surface area contributed by atoms with Crippen molar-refractivity contribution in [2.24, 2.45) is 0 Å². The number of carbonyl (C=O) groups is 1. The van der Waals surface area contributed by atoms with E-state index in [1.54, 1.807) is 11.4 Å². The summed E-state index contributed by atoms with van der Waals surface area (Å²) in [6.07, 6.45) is 0. The van der Waals surface area contributed by atoms with Crippen LogP contribution in [0.3, 0.4) is 0 Å². The first kappa shape index (κ1) is 11.7. The fourth-order valence-corrected chi connectivity index (χ4v) is 2.02. The number of rotatable bonds is 4. The van der Waals surface area contributed by atoms with Gasteiger partial charge in [-0.3, -0.25) is 4.79 Å². The molecule has 2 heterocycles. The van der Waals surface area contributed by atoms with Crippen LogP contribution in [0, 0.1) is 0 Å². The van der Waals surface area contributed by atoms with Crippen LogP contribution in [0.2, 0.25) is 0 Å². The van der Waals surface area contributed by atoms with Crippen LogP contribution in [0.1, 0.15) is 5.82 Å². The average Bonchev–Trinajstić information content (AvgIpc) is 2.75. The maximum absolute atomic E-state index is 11.6. The summed E-state index contributed by atoms with van der Waals surface area (Å²) in [6.45, 7) is -0.186. The lowest BCUT2D eigenvalue weighted by Crippen LogP contribution is -2.15. The fraction of sp³-hybridized carbons (Fsp3) is 0.300. The van der Waals surface area contributed by atoms with E-state index in [9.17, 15) is 9.59 Å². The van der Waals surface area contributed by atoms with Crippen LogP contribution < -0.4 is 5.56 Å². The fourth-order valence-electron chi connectivity index (χ4n) is 1.30. The molecule has 6 nitrogen and oxygen atoms in total. The molecule has 17 heavy (non-hydrogen) atoms. The van der Waals surface area contributed by atoms with Crippen LogP contribution >= 0.6 is 11.3 Å². The molecule has 0 bridgehead atoms. The van der Waals surface area contributed by atoms with Gasteiger partial charge in [0.05, 0.1) is 5.52 Å². The Morgan fingerprint density at radius 3 is 3.18 bits per heavy atom. The Morgan fingerprint density at radius 1 is 1.59 bits per heavy atom. The average molecular weight is 254 g/mol. The van der Waals surface area contributed by atoms with Crippen molar-refractivity contribution in [3.8, 4) is 0 Å². The number of carbonyl (C=O) groups excluding carboxylic acids is 1. The summed E-state index contributed by atoms with van der Waals surface area (Å²) in [5, 5.41) is 1.79. The summed E-state index contributed by atoms with van der Waals surface area (Å²) in [4.78, 5) is 29.4. The minimum atomic E-state index is -0.499. The monoisotopic (exact) mass is 254 g/mol. The third-order valence-electron chi connectivity index (χ3n) is 2.00. The molecule has 0 atom stereocenters. The van der Waals surface area contributed by atoms with Crippen molar-refractivity contribution >= 4 is 27.5 Å². The number of nitrogens with zero attached hydrogens (tertiary/aromatic N) is 1. The molecule has 0 unspecified atom stereocenters. The molecule has 1 N–H and O–H groups in total. The summed E-state index contributed by atoms with van der Waals surface area (Å²) in [7, 11) is 1.40. The number of H-pyrrole nitrogens is 1. The van der Waals surface area contributed by atoms with Gasteiger partial charge >= 0.3 is 5.97 Å². The van der Waals surface area contributed by atoms with Crippen LogP contribution in [0.25, 0.3) is 10.2 Å². The van der Waals surface area contributed by atoms with Gasteiger partial charge in [0.25, 0.3) is 5.56 Å². The molecular formula is C10H10N2O4S. The number of esters is 1. The number of hydrogen-bond donors (Lipinski definition) is 1. The Balaban J connectivity index is 2.14. The molecule has 7 heteroatoms. The molecule has 0 aliphatic rings. The van der Waals surface area contributed by atoms with E-state index in [2.05, 4.69) is 14.7 Å². The van der Waals surface area contributed by atoms with Crippen LogP contribution in [-0.2, 0) is 20.9 Å². The summed E-state index contributed by atoms with van der Waals surface area (Å²) in [5.41, 5.74) is 0.388. The molecular weight excluding hydrogens is 244 g/mol. The van der Waals surface area contributed by atoms with Gasteiger partial charge in [-0.25, -0.2) is 9.78 Å². The van der Waals surface area contributed by atoms with Crippen molar-refractivity contribution in [2.45, 2.75) is 6.61 Å². The van der Waals surface area contributed by atoms with E-state index >= 15 is 0 Å². The summed E-state index contributed by atoms with van der Waals surface area (Å²) < 4.78 is 10.0. The maximum Gasteiger partial charge on any atom is 0.332 e. The van der Waals surface area contributed by atoms with Crippen molar-refractivity contribution in [1.82, 2.24) is 9.97 Å². The van der Waals surface area contributed by atoms with Crippen molar-refractivity contribution < 1.29 is 14.3 Å². The van der Waals surface area contributed by atoms with Crippen molar-refractivity contribution in [3.05, 3.63) is 27.6 Å². The lowest BCUT2D eigenvalue weighted by atomic mass is 10.4. The third-order valence-corrected chi connectivity index (χ3v) is 2.90. The van der Waals surface area contributed by atoms with Gasteiger partial charge in [-0.2, -0.15) is 0 Å². The molecule has 0 aromatic carbocycles. The quantitative estimate of drug-likeness (QED) is 0.811. The zero-order valence-electron chi connectivity index (χ0n) is 9.06. The highest BCUT2D eigenvalue weighted by Gasteiger charge is 2.07. The van der Waals surface area contributed by atoms with E-state index in [4.69, 9.17) is 4.74 Å². The molecule has 0 saturated carbocycles. The highest BCUT2D eigenvalue weighted by atomic mass is 32.1. The van der Waals surface area contributed by atoms with Gasteiger partial charge < -0.3 is 14.5 Å². The van der Waals surface area contributed by atoms with Crippen molar-refractivity contribution in [1.29, 1.82) is 0 Å². The van der Waals surface area contributed by atoms with Gasteiger partial charge in [0.15, 0.2) is 0 Å². The van der Waals surface area contributed by atoms with Gasteiger partial charge in [0.2, 0.25) is 0 Å². The topological polar surface area (TPSA) is 81.3 Å². The Hall–Kier alpha value is -1.73. The predicted octanol–water partition coefficient (Wildman–Crippen LogP) is 0.674. The van der Waals surface area contributed by atoms with Gasteiger partial charge in [-0.15, -0.1) is 11.3 Å². The highest BCUT2D eigenvalue weighted by Crippen LogP contribution is 2.13. The minimum absolute atomic E-state index is 0.0663. The van der Waals surface area contributed by atoms with Crippen LogP contribution in [-0.4, -0.2) is 29.7 Å². The summed E-state index contributed by atoms with van der Waals surface area (Å²) >= 11 is 1.32. The SMILES string of the molecule is COCC(=O)OCc1nc2ccsc2c(=O)[nH]1. The third kappa shape index (κ3) is 2.69. The number of ether oxygens (including phenoxy) is 2. The Bertz CT molecular complexity index is 589. The molecule has 0 fully saturated rings. The van der Waals surface area contributed by atoms with Crippen molar-refractivity contribution in [3.63, 3.8) is 0 Å². The van der Waals surface area contributed by atoms with Gasteiger partial charge in [0.1, 0.15) is 23.7 Å². The molecule has 2 aromatic heterocycles. The van der Waals surface area contributed by atoms with Crippen LogP contribution in [0.5, 0.6) is 0 Å². The first-order valence-electron chi connectivity index (χ1n) is 4.81. The number of methoxy groups -OCH3 is 1. The summed E-state index contributed by atoms with van der Waals surface area (Å²) in [6, 6.07) is 1.75.